The van der Waals surface area contributed by atoms with Gasteiger partial charge in [-0.3, -0.25) is 9.69 Å². The molecule has 0 fully saturated rings. The van der Waals surface area contributed by atoms with Crippen molar-refractivity contribution in [1.29, 1.82) is 0 Å². The number of aryl methyl sites for hydroxylation is 1. The van der Waals surface area contributed by atoms with E-state index in [0.29, 0.717) is 18.3 Å². The van der Waals surface area contributed by atoms with Gasteiger partial charge in [0.1, 0.15) is 0 Å². The highest BCUT2D eigenvalue weighted by Gasteiger charge is 2.16. The molecule has 3 aromatic rings. The minimum atomic E-state index is -0.0665. The lowest BCUT2D eigenvalue weighted by molar-refractivity contribution is -0.117. The molecule has 2 heterocycles. The van der Waals surface area contributed by atoms with Gasteiger partial charge in [-0.15, -0.1) is 21.5 Å². The predicted molar refractivity (Wildman–Crippen MR) is 111 cm³/mol. The van der Waals surface area contributed by atoms with Crippen molar-refractivity contribution in [3.63, 3.8) is 0 Å². The second-order valence-electron chi connectivity index (χ2n) is 6.20. The Labute approximate surface area is 170 Å². The summed E-state index contributed by atoms with van der Waals surface area (Å²) < 4.78 is 6.76. The lowest BCUT2D eigenvalue weighted by Crippen LogP contribution is -2.33. The van der Waals surface area contributed by atoms with Gasteiger partial charge in [0.25, 0.3) is 5.89 Å². The molecule has 2 aromatic heterocycles. The maximum Gasteiger partial charge on any atom is 0.257 e. The Hall–Kier alpha value is -2.03. The largest absolute Gasteiger partial charge is 0.419 e. The fraction of sp³-hybridized carbons (Fsp3) is 0.316. The number of amides is 1. The standard InChI is InChI=1S/C19H21BrN4O2S/c1-3-8-24(11-17(25)21-14-6-7-15(20)13(2)10-14)12-18-22-23-19(26-18)16-5-4-9-27-16/h4-7,9-10H,3,8,11-12H2,1-2H3,(H,21,25). The Morgan fingerprint density at radius 2 is 2.19 bits per heavy atom. The average molecular weight is 449 g/mol. The van der Waals surface area contributed by atoms with Crippen LogP contribution in [0.4, 0.5) is 5.69 Å². The quantitative estimate of drug-likeness (QED) is 0.539. The molecule has 3 rings (SSSR count). The van der Waals surface area contributed by atoms with Gasteiger partial charge in [0.15, 0.2) is 0 Å². The highest BCUT2D eigenvalue weighted by molar-refractivity contribution is 9.10. The van der Waals surface area contributed by atoms with Crippen molar-refractivity contribution in [3.05, 3.63) is 51.6 Å². The van der Waals surface area contributed by atoms with Crippen molar-refractivity contribution in [2.24, 2.45) is 0 Å². The molecule has 0 aliphatic carbocycles. The third-order valence-electron chi connectivity index (χ3n) is 3.91. The molecular formula is C19H21BrN4O2S. The van der Waals surface area contributed by atoms with Gasteiger partial charge in [-0.1, -0.05) is 28.9 Å². The molecule has 1 aromatic carbocycles. The Morgan fingerprint density at radius 1 is 1.33 bits per heavy atom. The number of hydrogen-bond acceptors (Lipinski definition) is 6. The number of benzene rings is 1. The Bertz CT molecular complexity index is 895. The Balaban J connectivity index is 1.61. The van der Waals surface area contributed by atoms with Crippen LogP contribution < -0.4 is 5.32 Å². The lowest BCUT2D eigenvalue weighted by Gasteiger charge is -2.19. The highest BCUT2D eigenvalue weighted by atomic mass is 79.9. The van der Waals surface area contributed by atoms with Crippen molar-refractivity contribution >= 4 is 38.9 Å². The van der Waals surface area contributed by atoms with E-state index in [4.69, 9.17) is 4.42 Å². The summed E-state index contributed by atoms with van der Waals surface area (Å²) in [6.07, 6.45) is 0.927. The summed E-state index contributed by atoms with van der Waals surface area (Å²) in [7, 11) is 0. The van der Waals surface area contributed by atoms with Crippen molar-refractivity contribution in [1.82, 2.24) is 15.1 Å². The van der Waals surface area contributed by atoms with Crippen molar-refractivity contribution < 1.29 is 9.21 Å². The molecule has 8 heteroatoms. The SMILES string of the molecule is CCCN(CC(=O)Nc1ccc(Br)c(C)c1)Cc1nnc(-c2cccs2)o1. The number of carbonyl (C=O) groups excluding carboxylic acids is 1. The molecule has 27 heavy (non-hydrogen) atoms. The fourth-order valence-electron chi connectivity index (χ4n) is 2.66. The molecule has 0 aliphatic heterocycles. The monoisotopic (exact) mass is 448 g/mol. The van der Waals surface area contributed by atoms with Crippen LogP contribution in [0.25, 0.3) is 10.8 Å². The molecule has 6 nitrogen and oxygen atoms in total. The zero-order valence-corrected chi connectivity index (χ0v) is 17.6. The summed E-state index contributed by atoms with van der Waals surface area (Å²) >= 11 is 5.02. The summed E-state index contributed by atoms with van der Waals surface area (Å²) in [6.45, 7) is 5.54. The first kappa shape index (κ1) is 19.7. The maximum absolute atomic E-state index is 12.4. The van der Waals surface area contributed by atoms with Crippen molar-refractivity contribution in [2.75, 3.05) is 18.4 Å². The van der Waals surface area contributed by atoms with Crippen LogP contribution >= 0.6 is 27.3 Å². The molecule has 0 unspecified atom stereocenters. The van der Waals surface area contributed by atoms with Crippen LogP contribution in [0.5, 0.6) is 0 Å². The van der Waals surface area contributed by atoms with E-state index in [9.17, 15) is 4.79 Å². The Kier molecular flexibility index (Phi) is 6.76. The molecule has 0 saturated heterocycles. The van der Waals surface area contributed by atoms with Gasteiger partial charge in [-0.25, -0.2) is 0 Å². The number of anilines is 1. The van der Waals surface area contributed by atoms with Crippen LogP contribution in [-0.4, -0.2) is 34.1 Å². The number of aromatic nitrogens is 2. The van der Waals surface area contributed by atoms with Crippen LogP contribution in [0.1, 0.15) is 24.8 Å². The number of carbonyl (C=O) groups is 1. The Morgan fingerprint density at radius 3 is 2.89 bits per heavy atom. The fourth-order valence-corrected chi connectivity index (χ4v) is 3.56. The third kappa shape index (κ3) is 5.47. The molecule has 0 radical (unpaired) electrons. The van der Waals surface area contributed by atoms with Crippen molar-refractivity contribution in [2.45, 2.75) is 26.8 Å². The molecule has 0 aliphatic rings. The van der Waals surface area contributed by atoms with E-state index in [1.165, 1.54) is 0 Å². The van der Waals surface area contributed by atoms with E-state index >= 15 is 0 Å². The van der Waals surface area contributed by atoms with Crippen LogP contribution in [0.15, 0.2) is 44.6 Å². The van der Waals surface area contributed by atoms with E-state index in [1.807, 2.05) is 47.5 Å². The third-order valence-corrected chi connectivity index (χ3v) is 5.65. The van der Waals surface area contributed by atoms with Gasteiger partial charge in [-0.2, -0.15) is 0 Å². The van der Waals surface area contributed by atoms with E-state index in [2.05, 4.69) is 38.4 Å². The van der Waals surface area contributed by atoms with E-state index < -0.39 is 0 Å². The van der Waals surface area contributed by atoms with Gasteiger partial charge < -0.3 is 9.73 Å². The van der Waals surface area contributed by atoms with Crippen LogP contribution in [0.2, 0.25) is 0 Å². The first-order valence-corrected chi connectivity index (χ1v) is 10.4. The number of hydrogen-bond donors (Lipinski definition) is 1. The number of thiophene rings is 1. The molecule has 0 spiro atoms. The first-order chi connectivity index (χ1) is 13.0. The van der Waals surface area contributed by atoms with Crippen LogP contribution in [0.3, 0.4) is 0 Å². The van der Waals surface area contributed by atoms with Gasteiger partial charge in [-0.05, 0) is 55.1 Å². The normalized spacial score (nSPS) is 11.1. The number of nitrogens with one attached hydrogen (secondary N) is 1. The summed E-state index contributed by atoms with van der Waals surface area (Å²) in [6, 6.07) is 9.64. The predicted octanol–water partition coefficient (Wildman–Crippen LogP) is 4.72. The van der Waals surface area contributed by atoms with Gasteiger partial charge in [0.2, 0.25) is 11.8 Å². The molecule has 0 saturated carbocycles. The maximum atomic E-state index is 12.4. The van der Waals surface area contributed by atoms with Crippen LogP contribution in [0, 0.1) is 6.92 Å². The zero-order valence-electron chi connectivity index (χ0n) is 15.2. The smallest absolute Gasteiger partial charge is 0.257 e. The molecule has 1 amide bonds. The van der Waals surface area contributed by atoms with Gasteiger partial charge >= 0.3 is 0 Å². The molecule has 1 N–H and O–H groups in total. The van der Waals surface area contributed by atoms with E-state index in [-0.39, 0.29) is 12.5 Å². The summed E-state index contributed by atoms with van der Waals surface area (Å²) in [4.78, 5) is 15.4. The second-order valence-corrected chi connectivity index (χ2v) is 8.00. The second kappa shape index (κ2) is 9.25. The van der Waals surface area contributed by atoms with E-state index in [0.717, 1.165) is 33.6 Å². The minimum Gasteiger partial charge on any atom is -0.419 e. The summed E-state index contributed by atoms with van der Waals surface area (Å²) in [5, 5.41) is 13.1. The lowest BCUT2D eigenvalue weighted by atomic mass is 10.2. The van der Waals surface area contributed by atoms with Crippen LogP contribution in [-0.2, 0) is 11.3 Å². The topological polar surface area (TPSA) is 71.3 Å². The van der Waals surface area contributed by atoms with Gasteiger partial charge in [0, 0.05) is 10.2 Å². The summed E-state index contributed by atoms with van der Waals surface area (Å²) in [5.74, 6) is 0.966. The number of rotatable bonds is 8. The molecule has 0 bridgehead atoms. The van der Waals surface area contributed by atoms with Crippen molar-refractivity contribution in [3.8, 4) is 10.8 Å². The number of nitrogens with zero attached hydrogens (tertiary/aromatic N) is 3. The minimum absolute atomic E-state index is 0.0665. The summed E-state index contributed by atoms with van der Waals surface area (Å²) in [5.41, 5.74) is 1.86. The highest BCUT2D eigenvalue weighted by Crippen LogP contribution is 2.23. The zero-order chi connectivity index (χ0) is 19.2. The van der Waals surface area contributed by atoms with Gasteiger partial charge in [0.05, 0.1) is 18.0 Å². The molecular weight excluding hydrogens is 428 g/mol. The van der Waals surface area contributed by atoms with E-state index in [1.54, 1.807) is 11.3 Å². The first-order valence-electron chi connectivity index (χ1n) is 8.69. The average Bonchev–Trinajstić information content (AvgIpc) is 3.29. The number of halogens is 1. The molecule has 0 atom stereocenters. The molecule has 142 valence electrons.